The van der Waals surface area contributed by atoms with Crippen LogP contribution in [-0.2, 0) is 6.42 Å². The third-order valence-electron chi connectivity index (χ3n) is 3.41. The van der Waals surface area contributed by atoms with Gasteiger partial charge in [-0.25, -0.2) is 4.98 Å². The number of rotatable bonds is 3. The summed E-state index contributed by atoms with van der Waals surface area (Å²) in [6.45, 7) is 4.33. The molecule has 2 N–H and O–H groups in total. The first-order chi connectivity index (χ1) is 9.54. The predicted octanol–water partition coefficient (Wildman–Crippen LogP) is 4.55. The van der Waals surface area contributed by atoms with Gasteiger partial charge >= 0.3 is 0 Å². The molecule has 5 heteroatoms. The van der Waals surface area contributed by atoms with Crippen molar-refractivity contribution in [1.29, 1.82) is 0 Å². The summed E-state index contributed by atoms with van der Waals surface area (Å²) in [6.07, 6.45) is 0.976. The smallest absolute Gasteiger partial charge is 0.201 e. The third-order valence-corrected chi connectivity index (χ3v) is 4.93. The van der Waals surface area contributed by atoms with Gasteiger partial charge in [0.05, 0.1) is 11.0 Å². The normalized spacial score (nSPS) is 12.9. The van der Waals surface area contributed by atoms with E-state index in [1.54, 1.807) is 0 Å². The summed E-state index contributed by atoms with van der Waals surface area (Å²) in [5.41, 5.74) is 8.13. The number of anilines is 1. The van der Waals surface area contributed by atoms with Crippen LogP contribution in [0.2, 0.25) is 0 Å². The fraction of sp³-hybridized carbons (Fsp3) is 0.267. The highest BCUT2D eigenvalue weighted by Crippen LogP contribution is 2.28. The fourth-order valence-corrected chi connectivity index (χ4v) is 3.89. The molecule has 0 saturated carbocycles. The van der Waals surface area contributed by atoms with Crippen LogP contribution in [-0.4, -0.2) is 9.55 Å². The lowest BCUT2D eigenvalue weighted by Crippen LogP contribution is -2.10. The molecule has 0 bridgehead atoms. The second-order valence-electron chi connectivity index (χ2n) is 5.04. The lowest BCUT2D eigenvalue weighted by molar-refractivity contribution is 0.571. The van der Waals surface area contributed by atoms with Crippen LogP contribution in [0.25, 0.3) is 11.0 Å². The number of benzene rings is 1. The van der Waals surface area contributed by atoms with Gasteiger partial charge in [0, 0.05) is 26.7 Å². The Labute approximate surface area is 130 Å². The standard InChI is InChI=1S/C15H16BrN3S/c1-9(7-12-5-3-10(2)20-12)19-14-6-4-11(16)8-13(14)18-15(19)17/h3-6,8-9H,7H2,1-2H3,(H2,17,18). The van der Waals surface area contributed by atoms with Crippen molar-refractivity contribution in [3.05, 3.63) is 44.6 Å². The number of imidazole rings is 1. The Kier molecular flexibility index (Phi) is 3.56. The molecule has 3 rings (SSSR count). The molecule has 0 radical (unpaired) electrons. The Hall–Kier alpha value is -1.33. The number of aryl methyl sites for hydroxylation is 1. The Balaban J connectivity index is 1.98. The van der Waals surface area contributed by atoms with Crippen molar-refractivity contribution < 1.29 is 0 Å². The van der Waals surface area contributed by atoms with Gasteiger partial charge in [0.1, 0.15) is 0 Å². The van der Waals surface area contributed by atoms with Crippen molar-refractivity contribution in [3.63, 3.8) is 0 Å². The van der Waals surface area contributed by atoms with E-state index in [2.05, 4.69) is 57.5 Å². The second kappa shape index (κ2) is 5.22. The van der Waals surface area contributed by atoms with Crippen molar-refractivity contribution in [1.82, 2.24) is 9.55 Å². The SMILES string of the molecule is Cc1ccc(CC(C)n2c(N)nc3cc(Br)ccc32)s1. The molecule has 1 aromatic carbocycles. The molecule has 0 spiro atoms. The molecule has 3 aromatic rings. The van der Waals surface area contributed by atoms with Crippen molar-refractivity contribution in [2.75, 3.05) is 5.73 Å². The van der Waals surface area contributed by atoms with Crippen LogP contribution >= 0.6 is 27.3 Å². The Bertz CT molecular complexity index is 760. The summed E-state index contributed by atoms with van der Waals surface area (Å²) in [6, 6.07) is 10.8. The maximum absolute atomic E-state index is 6.10. The molecule has 2 aromatic heterocycles. The quantitative estimate of drug-likeness (QED) is 0.753. The van der Waals surface area contributed by atoms with Gasteiger partial charge in [0.15, 0.2) is 0 Å². The highest BCUT2D eigenvalue weighted by Gasteiger charge is 2.15. The summed E-state index contributed by atoms with van der Waals surface area (Å²) < 4.78 is 3.15. The molecule has 0 aliphatic rings. The van der Waals surface area contributed by atoms with Crippen LogP contribution in [0, 0.1) is 6.92 Å². The Morgan fingerprint density at radius 2 is 2.15 bits per heavy atom. The predicted molar refractivity (Wildman–Crippen MR) is 89.3 cm³/mol. The minimum absolute atomic E-state index is 0.291. The zero-order chi connectivity index (χ0) is 14.3. The minimum atomic E-state index is 0.291. The monoisotopic (exact) mass is 349 g/mol. The van der Waals surface area contributed by atoms with E-state index in [1.165, 1.54) is 9.75 Å². The van der Waals surface area contributed by atoms with Crippen molar-refractivity contribution in [2.24, 2.45) is 0 Å². The van der Waals surface area contributed by atoms with E-state index in [1.807, 2.05) is 23.5 Å². The van der Waals surface area contributed by atoms with E-state index in [9.17, 15) is 0 Å². The Morgan fingerprint density at radius 1 is 1.35 bits per heavy atom. The number of hydrogen-bond donors (Lipinski definition) is 1. The van der Waals surface area contributed by atoms with E-state index in [4.69, 9.17) is 5.73 Å². The third kappa shape index (κ3) is 2.47. The molecular formula is C15H16BrN3S. The number of hydrogen-bond acceptors (Lipinski definition) is 3. The van der Waals surface area contributed by atoms with Crippen molar-refractivity contribution in [2.45, 2.75) is 26.3 Å². The van der Waals surface area contributed by atoms with E-state index in [0.29, 0.717) is 12.0 Å². The summed E-state index contributed by atoms with van der Waals surface area (Å²) in [5.74, 6) is 0.582. The molecule has 1 unspecified atom stereocenters. The molecule has 0 amide bonds. The van der Waals surface area contributed by atoms with Crippen LogP contribution < -0.4 is 5.73 Å². The highest BCUT2D eigenvalue weighted by atomic mass is 79.9. The highest BCUT2D eigenvalue weighted by molar-refractivity contribution is 9.10. The van der Waals surface area contributed by atoms with Crippen LogP contribution in [0.15, 0.2) is 34.8 Å². The average molecular weight is 350 g/mol. The molecule has 0 saturated heterocycles. The van der Waals surface area contributed by atoms with Crippen LogP contribution in [0.4, 0.5) is 5.95 Å². The van der Waals surface area contributed by atoms with Crippen molar-refractivity contribution >= 4 is 44.2 Å². The van der Waals surface area contributed by atoms with E-state index in [-0.39, 0.29) is 0 Å². The number of aromatic nitrogens is 2. The van der Waals surface area contributed by atoms with Crippen molar-refractivity contribution in [3.8, 4) is 0 Å². The summed E-state index contributed by atoms with van der Waals surface area (Å²) >= 11 is 5.32. The van der Waals surface area contributed by atoms with Crippen LogP contribution in [0.3, 0.4) is 0 Å². The summed E-state index contributed by atoms with van der Waals surface area (Å²) in [4.78, 5) is 7.19. The average Bonchev–Trinajstić information content (AvgIpc) is 2.91. The maximum atomic E-state index is 6.10. The van der Waals surface area contributed by atoms with Gasteiger partial charge in [-0.05, 0) is 44.2 Å². The van der Waals surface area contributed by atoms with Gasteiger partial charge in [-0.3, -0.25) is 0 Å². The van der Waals surface area contributed by atoms with Crippen LogP contribution in [0.5, 0.6) is 0 Å². The molecular weight excluding hydrogens is 334 g/mol. The molecule has 0 aliphatic heterocycles. The molecule has 0 aliphatic carbocycles. The lowest BCUT2D eigenvalue weighted by Gasteiger charge is -2.15. The number of fused-ring (bicyclic) bond motifs is 1. The first-order valence-electron chi connectivity index (χ1n) is 6.53. The largest absolute Gasteiger partial charge is 0.369 e. The van der Waals surface area contributed by atoms with Gasteiger partial charge in [0.2, 0.25) is 5.95 Å². The Morgan fingerprint density at radius 3 is 2.85 bits per heavy atom. The second-order valence-corrected chi connectivity index (χ2v) is 7.33. The first kappa shape index (κ1) is 13.6. The van der Waals surface area contributed by atoms with Gasteiger partial charge in [-0.2, -0.15) is 0 Å². The molecule has 104 valence electrons. The van der Waals surface area contributed by atoms with E-state index >= 15 is 0 Å². The van der Waals surface area contributed by atoms with Gasteiger partial charge in [-0.15, -0.1) is 11.3 Å². The molecule has 0 fully saturated rings. The van der Waals surface area contributed by atoms with Crippen LogP contribution in [0.1, 0.15) is 22.7 Å². The number of halogens is 1. The number of nitrogens with zero attached hydrogens (tertiary/aromatic N) is 2. The van der Waals surface area contributed by atoms with E-state index in [0.717, 1.165) is 21.9 Å². The van der Waals surface area contributed by atoms with E-state index < -0.39 is 0 Å². The maximum Gasteiger partial charge on any atom is 0.201 e. The van der Waals surface area contributed by atoms with Gasteiger partial charge in [0.25, 0.3) is 0 Å². The molecule has 2 heterocycles. The number of thiophene rings is 1. The molecule has 1 atom stereocenters. The summed E-state index contributed by atoms with van der Waals surface area (Å²) in [5, 5.41) is 0. The lowest BCUT2D eigenvalue weighted by atomic mass is 10.2. The zero-order valence-electron chi connectivity index (χ0n) is 11.4. The zero-order valence-corrected chi connectivity index (χ0v) is 13.8. The molecule has 3 nitrogen and oxygen atoms in total. The topological polar surface area (TPSA) is 43.8 Å². The number of nitrogens with two attached hydrogens (primary N) is 1. The summed E-state index contributed by atoms with van der Waals surface area (Å²) in [7, 11) is 0. The minimum Gasteiger partial charge on any atom is -0.369 e. The van der Waals surface area contributed by atoms with Gasteiger partial charge in [-0.1, -0.05) is 15.9 Å². The number of nitrogen functional groups attached to an aromatic ring is 1. The molecule has 20 heavy (non-hydrogen) atoms. The first-order valence-corrected chi connectivity index (χ1v) is 8.14. The fourth-order valence-electron chi connectivity index (χ4n) is 2.53. The van der Waals surface area contributed by atoms with Gasteiger partial charge < -0.3 is 10.3 Å².